The molecule has 4 nitrogen and oxygen atoms in total. The lowest BCUT2D eigenvalue weighted by molar-refractivity contribution is -0.140. The highest BCUT2D eigenvalue weighted by atomic mass is 16.5. The van der Waals surface area contributed by atoms with Crippen LogP contribution in [0.4, 0.5) is 0 Å². The number of aryl methyl sites for hydroxylation is 2. The fourth-order valence-electron chi connectivity index (χ4n) is 2.15. The molecule has 1 aromatic heterocycles. The number of hydrogen-bond donors (Lipinski definition) is 0. The van der Waals surface area contributed by atoms with Gasteiger partial charge < -0.3 is 9.47 Å². The summed E-state index contributed by atoms with van der Waals surface area (Å²) in [7, 11) is 3.05. The number of ether oxygens (including phenoxy) is 2. The fourth-order valence-corrected chi connectivity index (χ4v) is 2.15. The zero-order valence-electron chi connectivity index (χ0n) is 11.4. The zero-order valence-corrected chi connectivity index (χ0v) is 11.4. The Hall–Kier alpha value is -2.10. The van der Waals surface area contributed by atoms with Crippen molar-refractivity contribution in [1.29, 1.82) is 0 Å². The van der Waals surface area contributed by atoms with Gasteiger partial charge in [-0.25, -0.2) is 0 Å². The molecule has 1 heterocycles. The minimum Gasteiger partial charge on any atom is -0.496 e. The first-order chi connectivity index (χ1) is 9.15. The molecular weight excluding hydrogens is 242 g/mol. The quantitative estimate of drug-likeness (QED) is 0.792. The van der Waals surface area contributed by atoms with E-state index < -0.39 is 0 Å². The Balaban J connectivity index is 2.37. The number of carbonyl (C=O) groups excluding carboxylic acids is 1. The average molecular weight is 259 g/mol. The molecule has 0 spiro atoms. The van der Waals surface area contributed by atoms with E-state index in [9.17, 15) is 4.79 Å². The molecule has 0 aliphatic heterocycles. The fraction of sp³-hybridized carbons (Fsp3) is 0.333. The Morgan fingerprint density at radius 3 is 2.79 bits per heavy atom. The van der Waals surface area contributed by atoms with Crippen LogP contribution in [0.1, 0.15) is 17.7 Å². The largest absolute Gasteiger partial charge is 0.496 e. The van der Waals surface area contributed by atoms with Crippen LogP contribution in [0.5, 0.6) is 5.75 Å². The third-order valence-corrected chi connectivity index (χ3v) is 3.08. The predicted octanol–water partition coefficient (Wildman–Crippen LogP) is 2.66. The molecule has 0 unspecified atom stereocenters. The summed E-state index contributed by atoms with van der Waals surface area (Å²) in [6, 6.07) is 7.78. The van der Waals surface area contributed by atoms with Gasteiger partial charge in [-0.2, -0.15) is 0 Å². The number of aromatic nitrogens is 1. The van der Waals surface area contributed by atoms with E-state index in [1.54, 1.807) is 7.11 Å². The molecule has 0 radical (unpaired) electrons. The maximum Gasteiger partial charge on any atom is 0.305 e. The maximum absolute atomic E-state index is 11.2. The number of hydrogen-bond acceptors (Lipinski definition) is 4. The van der Waals surface area contributed by atoms with Gasteiger partial charge in [0.1, 0.15) is 5.75 Å². The minimum absolute atomic E-state index is 0.217. The van der Waals surface area contributed by atoms with Crippen molar-refractivity contribution in [3.05, 3.63) is 35.5 Å². The Labute approximate surface area is 112 Å². The Morgan fingerprint density at radius 1 is 1.32 bits per heavy atom. The van der Waals surface area contributed by atoms with Gasteiger partial charge in [0.15, 0.2) is 0 Å². The molecule has 0 amide bonds. The molecule has 2 aromatic rings. The summed E-state index contributed by atoms with van der Waals surface area (Å²) < 4.78 is 9.99. The third kappa shape index (κ3) is 2.84. The van der Waals surface area contributed by atoms with E-state index in [0.29, 0.717) is 12.8 Å². The molecule has 2 rings (SSSR count). The Bertz CT molecular complexity index is 608. The summed E-state index contributed by atoms with van der Waals surface area (Å²) in [6.07, 6.45) is 0.930. The van der Waals surface area contributed by atoms with Crippen molar-refractivity contribution in [2.45, 2.75) is 19.8 Å². The highest BCUT2D eigenvalue weighted by molar-refractivity contribution is 5.88. The molecule has 0 fully saturated rings. The Kier molecular flexibility index (Phi) is 4.00. The summed E-state index contributed by atoms with van der Waals surface area (Å²) in [5.41, 5.74) is 2.88. The molecule has 0 aliphatic carbocycles. The third-order valence-electron chi connectivity index (χ3n) is 3.08. The van der Waals surface area contributed by atoms with E-state index in [1.807, 2.05) is 31.2 Å². The number of benzene rings is 1. The van der Waals surface area contributed by atoms with Crippen LogP contribution in [0.2, 0.25) is 0 Å². The molecular formula is C15H17NO3. The van der Waals surface area contributed by atoms with Gasteiger partial charge in [0.2, 0.25) is 0 Å². The van der Waals surface area contributed by atoms with Gasteiger partial charge in [0, 0.05) is 17.5 Å². The number of esters is 1. The van der Waals surface area contributed by atoms with Crippen LogP contribution in [-0.2, 0) is 16.0 Å². The van der Waals surface area contributed by atoms with Crippen molar-refractivity contribution >= 4 is 16.9 Å². The molecule has 19 heavy (non-hydrogen) atoms. The van der Waals surface area contributed by atoms with E-state index >= 15 is 0 Å². The maximum atomic E-state index is 11.2. The second-order valence-electron chi connectivity index (χ2n) is 4.36. The number of carbonyl (C=O) groups is 1. The van der Waals surface area contributed by atoms with Crippen molar-refractivity contribution in [2.75, 3.05) is 14.2 Å². The molecule has 1 aromatic carbocycles. The van der Waals surface area contributed by atoms with E-state index in [-0.39, 0.29) is 5.97 Å². The second kappa shape index (κ2) is 5.69. The molecule has 0 saturated carbocycles. The van der Waals surface area contributed by atoms with E-state index in [2.05, 4.69) is 9.72 Å². The van der Waals surface area contributed by atoms with Crippen molar-refractivity contribution < 1.29 is 14.3 Å². The Morgan fingerprint density at radius 2 is 2.11 bits per heavy atom. The van der Waals surface area contributed by atoms with E-state index in [4.69, 9.17) is 4.74 Å². The normalized spacial score (nSPS) is 10.5. The van der Waals surface area contributed by atoms with Crippen LogP contribution in [-0.4, -0.2) is 25.2 Å². The minimum atomic E-state index is -0.217. The number of fused-ring (bicyclic) bond motifs is 1. The van der Waals surface area contributed by atoms with Gasteiger partial charge in [-0.15, -0.1) is 0 Å². The topological polar surface area (TPSA) is 48.4 Å². The summed E-state index contributed by atoms with van der Waals surface area (Å²) in [4.78, 5) is 15.7. The van der Waals surface area contributed by atoms with Crippen molar-refractivity contribution in [3.8, 4) is 5.75 Å². The molecule has 0 saturated heterocycles. The first kappa shape index (κ1) is 13.3. The molecule has 0 N–H and O–H groups in total. The first-order valence-corrected chi connectivity index (χ1v) is 6.15. The van der Waals surface area contributed by atoms with Crippen LogP contribution in [0.25, 0.3) is 10.9 Å². The van der Waals surface area contributed by atoms with Gasteiger partial charge >= 0.3 is 5.97 Å². The zero-order chi connectivity index (χ0) is 13.8. The van der Waals surface area contributed by atoms with Gasteiger partial charge in [-0.05, 0) is 30.7 Å². The summed E-state index contributed by atoms with van der Waals surface area (Å²) in [6.45, 7) is 2.02. The molecule has 4 heteroatoms. The molecule has 0 bridgehead atoms. The van der Waals surface area contributed by atoms with Gasteiger partial charge in [-0.3, -0.25) is 9.78 Å². The van der Waals surface area contributed by atoms with E-state index in [1.165, 1.54) is 7.11 Å². The molecule has 100 valence electrons. The van der Waals surface area contributed by atoms with E-state index in [0.717, 1.165) is 27.9 Å². The highest BCUT2D eigenvalue weighted by Crippen LogP contribution is 2.28. The summed E-state index contributed by atoms with van der Waals surface area (Å²) in [5.74, 6) is 0.604. The average Bonchev–Trinajstić information content (AvgIpc) is 2.43. The lowest BCUT2D eigenvalue weighted by Gasteiger charge is -2.09. The summed E-state index contributed by atoms with van der Waals surface area (Å²) in [5, 5.41) is 1.02. The van der Waals surface area contributed by atoms with Crippen LogP contribution in [0, 0.1) is 6.92 Å². The number of pyridine rings is 1. The van der Waals surface area contributed by atoms with Crippen LogP contribution in [0.3, 0.4) is 0 Å². The molecule has 0 aliphatic rings. The van der Waals surface area contributed by atoms with Crippen LogP contribution < -0.4 is 4.74 Å². The SMILES string of the molecule is COC(=O)CCc1cc(C)c2c(OC)cccc2n1. The first-order valence-electron chi connectivity index (χ1n) is 6.15. The lowest BCUT2D eigenvalue weighted by Crippen LogP contribution is -2.03. The molecule has 0 atom stereocenters. The summed E-state index contributed by atoms with van der Waals surface area (Å²) >= 11 is 0. The van der Waals surface area contributed by atoms with Crippen molar-refractivity contribution in [3.63, 3.8) is 0 Å². The van der Waals surface area contributed by atoms with Gasteiger partial charge in [-0.1, -0.05) is 6.07 Å². The van der Waals surface area contributed by atoms with Crippen LogP contribution >= 0.6 is 0 Å². The lowest BCUT2D eigenvalue weighted by atomic mass is 10.1. The van der Waals surface area contributed by atoms with Gasteiger partial charge in [0.05, 0.1) is 26.2 Å². The van der Waals surface area contributed by atoms with Crippen molar-refractivity contribution in [2.24, 2.45) is 0 Å². The second-order valence-corrected chi connectivity index (χ2v) is 4.36. The number of nitrogens with zero attached hydrogens (tertiary/aromatic N) is 1. The standard InChI is InChI=1S/C15H17NO3/c1-10-9-11(7-8-14(17)19-3)16-12-5-4-6-13(18-2)15(10)12/h4-6,9H,7-8H2,1-3H3. The van der Waals surface area contributed by atoms with Gasteiger partial charge in [0.25, 0.3) is 0 Å². The highest BCUT2D eigenvalue weighted by Gasteiger charge is 2.09. The van der Waals surface area contributed by atoms with Crippen LogP contribution in [0.15, 0.2) is 24.3 Å². The number of methoxy groups -OCH3 is 2. The monoisotopic (exact) mass is 259 g/mol. The predicted molar refractivity (Wildman–Crippen MR) is 73.4 cm³/mol. The van der Waals surface area contributed by atoms with Crippen molar-refractivity contribution in [1.82, 2.24) is 4.98 Å². The smallest absolute Gasteiger partial charge is 0.305 e. The number of rotatable bonds is 4.